The first-order chi connectivity index (χ1) is 8.62. The monoisotopic (exact) mass is 272 g/mol. The van der Waals surface area contributed by atoms with E-state index in [-0.39, 0.29) is 22.8 Å². The van der Waals surface area contributed by atoms with Crippen LogP contribution in [0.25, 0.3) is 0 Å². The predicted molar refractivity (Wildman–Crippen MR) is 78.8 cm³/mol. The van der Waals surface area contributed by atoms with E-state index in [0.717, 1.165) is 12.8 Å². The summed E-state index contributed by atoms with van der Waals surface area (Å²) in [7, 11) is 0. The molecule has 0 amide bonds. The molecule has 0 bridgehead atoms. The molecule has 114 valence electrons. The highest BCUT2D eigenvalue weighted by Gasteiger charge is 2.53. The highest BCUT2D eigenvalue weighted by atomic mass is 16.5. The maximum atomic E-state index is 6.20. The Kier molecular flexibility index (Phi) is 5.05. The second-order valence-electron chi connectivity index (χ2n) is 7.02. The maximum Gasteiger partial charge on any atom is 0.0821 e. The van der Waals surface area contributed by atoms with Crippen LogP contribution in [0.5, 0.6) is 0 Å². The van der Waals surface area contributed by atoms with Crippen LogP contribution in [0.1, 0.15) is 61.3 Å². The van der Waals surface area contributed by atoms with Crippen molar-refractivity contribution in [2.45, 2.75) is 84.2 Å². The zero-order chi connectivity index (χ0) is 14.9. The molecule has 0 aromatic heterocycles. The van der Waals surface area contributed by atoms with E-state index in [1.807, 2.05) is 6.92 Å². The molecular formula is C15H32N2O2. The van der Waals surface area contributed by atoms with Crippen molar-refractivity contribution in [2.75, 3.05) is 6.61 Å². The summed E-state index contributed by atoms with van der Waals surface area (Å²) in [6.45, 7) is 15.6. The smallest absolute Gasteiger partial charge is 0.0821 e. The Labute approximate surface area is 118 Å². The van der Waals surface area contributed by atoms with E-state index in [9.17, 15) is 0 Å². The number of rotatable bonds is 6. The van der Waals surface area contributed by atoms with Crippen LogP contribution >= 0.6 is 0 Å². The van der Waals surface area contributed by atoms with E-state index in [1.165, 1.54) is 0 Å². The number of hydrazine groups is 1. The standard InChI is InChI=1S/C15H32N2O2/c1-8-15(7,18-9-2)12(17-16)11-10-13(3,4)19-14(11,5)6/h11-12,17H,8-10,16H2,1-7H3. The fourth-order valence-corrected chi connectivity index (χ4v) is 3.58. The molecule has 3 atom stereocenters. The van der Waals surface area contributed by atoms with E-state index in [0.29, 0.717) is 12.5 Å². The largest absolute Gasteiger partial charge is 0.374 e. The predicted octanol–water partition coefficient (Wildman–Crippen LogP) is 2.62. The van der Waals surface area contributed by atoms with Gasteiger partial charge in [-0.15, -0.1) is 0 Å². The van der Waals surface area contributed by atoms with Crippen molar-refractivity contribution in [3.05, 3.63) is 0 Å². The molecular weight excluding hydrogens is 240 g/mol. The molecule has 1 rings (SSSR count). The van der Waals surface area contributed by atoms with Crippen LogP contribution in [-0.4, -0.2) is 29.5 Å². The highest BCUT2D eigenvalue weighted by molar-refractivity contribution is 5.04. The molecule has 1 heterocycles. The molecule has 19 heavy (non-hydrogen) atoms. The zero-order valence-electron chi connectivity index (χ0n) is 13.7. The number of hydrogen-bond donors (Lipinski definition) is 2. The molecule has 0 saturated carbocycles. The summed E-state index contributed by atoms with van der Waals surface area (Å²) in [5, 5.41) is 0. The molecule has 3 N–H and O–H groups in total. The van der Waals surface area contributed by atoms with Crippen LogP contribution in [0.2, 0.25) is 0 Å². The SMILES string of the molecule is CCOC(C)(CC)C(NN)C1CC(C)(C)OC1(C)C. The summed E-state index contributed by atoms with van der Waals surface area (Å²) in [4.78, 5) is 0. The van der Waals surface area contributed by atoms with Gasteiger partial charge in [0.15, 0.2) is 0 Å². The molecule has 1 aliphatic rings. The first-order valence-corrected chi connectivity index (χ1v) is 7.42. The van der Waals surface area contributed by atoms with Crippen molar-refractivity contribution in [3.8, 4) is 0 Å². The van der Waals surface area contributed by atoms with Crippen molar-refractivity contribution < 1.29 is 9.47 Å². The molecule has 0 radical (unpaired) electrons. The molecule has 1 fully saturated rings. The van der Waals surface area contributed by atoms with Gasteiger partial charge in [0.2, 0.25) is 0 Å². The minimum absolute atomic E-state index is 0.0780. The topological polar surface area (TPSA) is 56.5 Å². The van der Waals surface area contributed by atoms with Gasteiger partial charge in [-0.3, -0.25) is 11.3 Å². The minimum Gasteiger partial charge on any atom is -0.374 e. The van der Waals surface area contributed by atoms with Crippen molar-refractivity contribution in [1.29, 1.82) is 0 Å². The summed E-state index contributed by atoms with van der Waals surface area (Å²) in [5.74, 6) is 6.19. The third kappa shape index (κ3) is 3.48. The third-order valence-electron chi connectivity index (χ3n) is 4.56. The molecule has 0 aliphatic carbocycles. The van der Waals surface area contributed by atoms with Crippen LogP contribution < -0.4 is 11.3 Å². The molecule has 4 nitrogen and oxygen atoms in total. The van der Waals surface area contributed by atoms with Gasteiger partial charge in [-0.2, -0.15) is 0 Å². The first kappa shape index (κ1) is 16.9. The Balaban J connectivity index is 3.02. The van der Waals surface area contributed by atoms with Gasteiger partial charge >= 0.3 is 0 Å². The Bertz CT molecular complexity index is 305. The molecule has 1 saturated heterocycles. The van der Waals surface area contributed by atoms with E-state index in [2.05, 4.69) is 47.0 Å². The van der Waals surface area contributed by atoms with E-state index >= 15 is 0 Å². The summed E-state index contributed by atoms with van der Waals surface area (Å²) < 4.78 is 12.2. The van der Waals surface area contributed by atoms with E-state index < -0.39 is 0 Å². The number of ether oxygens (including phenoxy) is 2. The van der Waals surface area contributed by atoms with Crippen molar-refractivity contribution in [2.24, 2.45) is 11.8 Å². The van der Waals surface area contributed by atoms with E-state index in [4.69, 9.17) is 15.3 Å². The maximum absolute atomic E-state index is 6.20. The molecule has 0 spiro atoms. The Morgan fingerprint density at radius 3 is 2.26 bits per heavy atom. The lowest BCUT2D eigenvalue weighted by molar-refractivity contribution is -0.108. The van der Waals surface area contributed by atoms with Gasteiger partial charge < -0.3 is 9.47 Å². The summed E-state index contributed by atoms with van der Waals surface area (Å²) >= 11 is 0. The van der Waals surface area contributed by atoms with Crippen molar-refractivity contribution >= 4 is 0 Å². The van der Waals surface area contributed by atoms with Crippen LogP contribution in [0.3, 0.4) is 0 Å². The molecule has 3 unspecified atom stereocenters. The van der Waals surface area contributed by atoms with Gasteiger partial charge in [0.25, 0.3) is 0 Å². The first-order valence-electron chi connectivity index (χ1n) is 7.42. The fraction of sp³-hybridized carbons (Fsp3) is 1.00. The third-order valence-corrected chi connectivity index (χ3v) is 4.56. The lowest BCUT2D eigenvalue weighted by atomic mass is 9.74. The summed E-state index contributed by atoms with van der Waals surface area (Å²) in [6, 6.07) is 0.0780. The lowest BCUT2D eigenvalue weighted by Crippen LogP contribution is -2.60. The van der Waals surface area contributed by atoms with E-state index in [1.54, 1.807) is 0 Å². The normalized spacial score (nSPS) is 30.0. The van der Waals surface area contributed by atoms with Gasteiger partial charge in [-0.25, -0.2) is 0 Å². The molecule has 4 heteroatoms. The van der Waals surface area contributed by atoms with Gasteiger partial charge in [-0.1, -0.05) is 6.92 Å². The summed E-state index contributed by atoms with van der Waals surface area (Å²) in [5.41, 5.74) is 2.43. The van der Waals surface area contributed by atoms with Gasteiger partial charge in [-0.05, 0) is 54.4 Å². The molecule has 1 aliphatic heterocycles. The zero-order valence-corrected chi connectivity index (χ0v) is 13.7. The second-order valence-corrected chi connectivity index (χ2v) is 7.02. The summed E-state index contributed by atoms with van der Waals surface area (Å²) in [6.07, 6.45) is 1.90. The Hall–Kier alpha value is -0.160. The van der Waals surface area contributed by atoms with Crippen LogP contribution in [0.4, 0.5) is 0 Å². The number of nitrogens with two attached hydrogens (primary N) is 1. The quantitative estimate of drug-likeness (QED) is 0.576. The second kappa shape index (κ2) is 5.68. The lowest BCUT2D eigenvalue weighted by Gasteiger charge is -2.43. The number of hydrogen-bond acceptors (Lipinski definition) is 4. The van der Waals surface area contributed by atoms with Gasteiger partial charge in [0.1, 0.15) is 0 Å². The van der Waals surface area contributed by atoms with Crippen LogP contribution in [-0.2, 0) is 9.47 Å². The number of nitrogens with one attached hydrogen (secondary N) is 1. The molecule has 0 aromatic carbocycles. The minimum atomic E-state index is -0.269. The fourth-order valence-electron chi connectivity index (χ4n) is 3.58. The molecule has 0 aromatic rings. The van der Waals surface area contributed by atoms with Gasteiger partial charge in [0.05, 0.1) is 22.8 Å². The highest BCUT2D eigenvalue weighted by Crippen LogP contribution is 2.46. The average molecular weight is 272 g/mol. The Morgan fingerprint density at radius 1 is 1.37 bits per heavy atom. The van der Waals surface area contributed by atoms with Gasteiger partial charge in [0, 0.05) is 12.5 Å². The van der Waals surface area contributed by atoms with Crippen LogP contribution in [0.15, 0.2) is 0 Å². The van der Waals surface area contributed by atoms with Crippen molar-refractivity contribution in [3.63, 3.8) is 0 Å². The van der Waals surface area contributed by atoms with Crippen LogP contribution in [0, 0.1) is 5.92 Å². The average Bonchev–Trinajstić information content (AvgIpc) is 2.48. The van der Waals surface area contributed by atoms with Crippen molar-refractivity contribution in [1.82, 2.24) is 5.43 Å². The Morgan fingerprint density at radius 2 is 1.95 bits per heavy atom.